The van der Waals surface area contributed by atoms with Gasteiger partial charge in [-0.05, 0) is 23.8 Å². The maximum Gasteiger partial charge on any atom is 0.313 e. The number of benzene rings is 2. The molecular formula is C16H16ClNO2S. The second-order valence-electron chi connectivity index (χ2n) is 4.48. The average Bonchev–Trinajstić information content (AvgIpc) is 2.51. The molecule has 0 aromatic heterocycles. The lowest BCUT2D eigenvalue weighted by atomic mass is 10.0. The number of methoxy groups -OCH3 is 1. The van der Waals surface area contributed by atoms with E-state index in [4.69, 9.17) is 22.1 Å². The van der Waals surface area contributed by atoms with Gasteiger partial charge in [0, 0.05) is 10.6 Å². The zero-order chi connectivity index (χ0) is 15.2. The first kappa shape index (κ1) is 15.7. The van der Waals surface area contributed by atoms with Crippen molar-refractivity contribution in [2.24, 2.45) is 0 Å². The second-order valence-corrected chi connectivity index (χ2v) is 5.98. The molecule has 21 heavy (non-hydrogen) atoms. The molecule has 0 fully saturated rings. The van der Waals surface area contributed by atoms with Gasteiger partial charge in [0.2, 0.25) is 0 Å². The summed E-state index contributed by atoms with van der Waals surface area (Å²) in [6, 6.07) is 15.1. The molecular weight excluding hydrogens is 306 g/mol. The lowest BCUT2D eigenvalue weighted by Crippen LogP contribution is -2.16. The zero-order valence-corrected chi connectivity index (χ0v) is 13.2. The van der Waals surface area contributed by atoms with Gasteiger partial charge >= 0.3 is 5.97 Å². The van der Waals surface area contributed by atoms with Crippen molar-refractivity contribution in [3.8, 4) is 0 Å². The minimum absolute atomic E-state index is 0.241. The largest absolute Gasteiger partial charge is 0.469 e. The lowest BCUT2D eigenvalue weighted by Gasteiger charge is -2.15. The van der Waals surface area contributed by atoms with Gasteiger partial charge in [-0.3, -0.25) is 4.79 Å². The summed E-state index contributed by atoms with van der Waals surface area (Å²) in [5, 5.41) is 0.523. The van der Waals surface area contributed by atoms with Crippen LogP contribution in [0.3, 0.4) is 0 Å². The number of hydrogen-bond donors (Lipinski definition) is 1. The molecule has 1 atom stereocenters. The van der Waals surface area contributed by atoms with E-state index < -0.39 is 0 Å². The van der Waals surface area contributed by atoms with Crippen molar-refractivity contribution in [2.45, 2.75) is 10.8 Å². The lowest BCUT2D eigenvalue weighted by molar-refractivity contribution is -0.141. The molecule has 0 bridgehead atoms. The van der Waals surface area contributed by atoms with Gasteiger partial charge in [0.1, 0.15) is 0 Å². The molecule has 2 aromatic carbocycles. The number of hydrogen-bond acceptors (Lipinski definition) is 4. The minimum Gasteiger partial charge on any atom is -0.469 e. The van der Waals surface area contributed by atoms with Crippen molar-refractivity contribution >= 4 is 35.0 Å². The number of nitrogens with two attached hydrogens (primary N) is 1. The van der Waals surface area contributed by atoms with Crippen LogP contribution in [0.2, 0.25) is 5.02 Å². The fourth-order valence-corrected chi connectivity index (χ4v) is 3.20. The zero-order valence-electron chi connectivity index (χ0n) is 11.6. The Bertz CT molecular complexity index is 619. The van der Waals surface area contributed by atoms with Crippen LogP contribution in [0.25, 0.3) is 0 Å². The first-order valence-corrected chi connectivity index (χ1v) is 7.78. The second kappa shape index (κ2) is 7.38. The fraction of sp³-hybridized carbons (Fsp3) is 0.188. The highest BCUT2D eigenvalue weighted by molar-refractivity contribution is 7.99. The van der Waals surface area contributed by atoms with Crippen LogP contribution >= 0.6 is 23.4 Å². The highest BCUT2D eigenvalue weighted by Crippen LogP contribution is 2.30. The minimum atomic E-state index is -0.308. The van der Waals surface area contributed by atoms with Crippen molar-refractivity contribution < 1.29 is 9.53 Å². The molecule has 0 aliphatic heterocycles. The van der Waals surface area contributed by atoms with Gasteiger partial charge in [-0.15, -0.1) is 11.8 Å². The van der Waals surface area contributed by atoms with E-state index in [9.17, 15) is 4.79 Å². The highest BCUT2D eigenvalue weighted by atomic mass is 35.5. The Kier molecular flexibility index (Phi) is 5.53. The van der Waals surface area contributed by atoms with Crippen molar-refractivity contribution in [3.63, 3.8) is 0 Å². The number of esters is 1. The molecule has 5 heteroatoms. The summed E-state index contributed by atoms with van der Waals surface area (Å²) in [4.78, 5) is 12.9. The van der Waals surface area contributed by atoms with Crippen molar-refractivity contribution in [1.82, 2.24) is 0 Å². The van der Waals surface area contributed by atoms with Crippen LogP contribution in [0.1, 0.15) is 11.5 Å². The van der Waals surface area contributed by atoms with Gasteiger partial charge in [-0.25, -0.2) is 0 Å². The van der Waals surface area contributed by atoms with Crippen molar-refractivity contribution in [3.05, 3.63) is 59.1 Å². The van der Waals surface area contributed by atoms with Crippen LogP contribution in [0, 0.1) is 0 Å². The number of nitrogen functional groups attached to an aromatic ring is 1. The number of ether oxygens (including phenoxy) is 1. The Labute approximate surface area is 133 Å². The van der Waals surface area contributed by atoms with E-state index in [2.05, 4.69) is 0 Å². The van der Waals surface area contributed by atoms with Gasteiger partial charge in [0.15, 0.2) is 0 Å². The first-order valence-electron chi connectivity index (χ1n) is 6.42. The van der Waals surface area contributed by atoms with E-state index >= 15 is 0 Å². The third-order valence-corrected chi connectivity index (χ3v) is 4.49. The predicted octanol–water partition coefficient (Wildman–Crippen LogP) is 3.97. The van der Waals surface area contributed by atoms with Crippen molar-refractivity contribution in [1.29, 1.82) is 0 Å². The van der Waals surface area contributed by atoms with Gasteiger partial charge in [0.25, 0.3) is 0 Å². The molecule has 2 rings (SSSR count). The predicted molar refractivity (Wildman–Crippen MR) is 87.8 cm³/mol. The summed E-state index contributed by atoms with van der Waals surface area (Å²) < 4.78 is 4.90. The summed E-state index contributed by atoms with van der Waals surface area (Å²) in [5.74, 6) is 0.0319. The molecule has 0 aliphatic carbocycles. The Hall–Kier alpha value is -1.65. The van der Waals surface area contributed by atoms with E-state index in [1.807, 2.05) is 36.4 Å². The Morgan fingerprint density at radius 3 is 2.62 bits per heavy atom. The third-order valence-electron chi connectivity index (χ3n) is 3.08. The molecule has 2 aromatic rings. The van der Waals surface area contributed by atoms with Crippen LogP contribution in [-0.4, -0.2) is 18.8 Å². The van der Waals surface area contributed by atoms with E-state index in [0.717, 1.165) is 10.5 Å². The summed E-state index contributed by atoms with van der Waals surface area (Å²) in [7, 11) is 1.41. The molecule has 0 saturated heterocycles. The number of thioether (sulfide) groups is 1. The maximum atomic E-state index is 12.0. The Balaban J connectivity index is 2.12. The number of anilines is 1. The van der Waals surface area contributed by atoms with Gasteiger partial charge < -0.3 is 10.5 Å². The van der Waals surface area contributed by atoms with Gasteiger partial charge in [-0.2, -0.15) is 0 Å². The quantitative estimate of drug-likeness (QED) is 0.514. The molecule has 0 heterocycles. The molecule has 0 aliphatic rings. The van der Waals surface area contributed by atoms with Crippen LogP contribution in [0.4, 0.5) is 5.69 Å². The van der Waals surface area contributed by atoms with E-state index in [0.29, 0.717) is 16.5 Å². The van der Waals surface area contributed by atoms with Gasteiger partial charge in [0.05, 0.1) is 23.7 Å². The number of halogens is 1. The maximum absolute atomic E-state index is 12.0. The molecule has 0 amide bonds. The number of carbonyl (C=O) groups excluding carboxylic acids is 1. The average molecular weight is 322 g/mol. The summed E-state index contributed by atoms with van der Waals surface area (Å²) in [6.45, 7) is 0. The molecule has 2 N–H and O–H groups in total. The molecule has 0 spiro atoms. The summed E-state index contributed by atoms with van der Waals surface area (Å²) in [5.41, 5.74) is 7.18. The standard InChI is InChI=1S/C16H16ClNO2S/c1-20-16(19)13(11-5-3-2-4-6-11)10-21-12-7-8-15(18)14(17)9-12/h2-9,13H,10,18H2,1H3. The third kappa shape index (κ3) is 4.16. The number of rotatable bonds is 5. The first-order chi connectivity index (χ1) is 10.1. The summed E-state index contributed by atoms with van der Waals surface area (Å²) >= 11 is 7.56. The smallest absolute Gasteiger partial charge is 0.313 e. The van der Waals surface area contributed by atoms with Crippen LogP contribution in [0.5, 0.6) is 0 Å². The van der Waals surface area contributed by atoms with Crippen LogP contribution in [-0.2, 0) is 9.53 Å². The normalized spacial score (nSPS) is 11.9. The van der Waals surface area contributed by atoms with Crippen molar-refractivity contribution in [2.75, 3.05) is 18.6 Å². The number of carbonyl (C=O) groups is 1. The molecule has 3 nitrogen and oxygen atoms in total. The topological polar surface area (TPSA) is 52.3 Å². The van der Waals surface area contributed by atoms with E-state index in [1.165, 1.54) is 7.11 Å². The van der Waals surface area contributed by atoms with Crippen LogP contribution < -0.4 is 5.73 Å². The van der Waals surface area contributed by atoms with E-state index in [1.54, 1.807) is 23.9 Å². The Morgan fingerprint density at radius 1 is 1.29 bits per heavy atom. The Morgan fingerprint density at radius 2 is 2.00 bits per heavy atom. The molecule has 1 unspecified atom stereocenters. The molecule has 110 valence electrons. The fourth-order valence-electron chi connectivity index (χ4n) is 1.91. The highest BCUT2D eigenvalue weighted by Gasteiger charge is 2.21. The van der Waals surface area contributed by atoms with Gasteiger partial charge in [-0.1, -0.05) is 41.9 Å². The molecule has 0 radical (unpaired) electrons. The molecule has 0 saturated carbocycles. The van der Waals surface area contributed by atoms with Crippen LogP contribution in [0.15, 0.2) is 53.4 Å². The SMILES string of the molecule is COC(=O)C(CSc1ccc(N)c(Cl)c1)c1ccccc1. The monoisotopic (exact) mass is 321 g/mol. The van der Waals surface area contributed by atoms with E-state index in [-0.39, 0.29) is 11.9 Å². The summed E-state index contributed by atoms with van der Waals surface area (Å²) in [6.07, 6.45) is 0.